The number of rotatable bonds is 7. The first kappa shape index (κ1) is 15.0. The molecule has 0 aliphatic carbocycles. The van der Waals surface area contributed by atoms with Gasteiger partial charge in [-0.3, -0.25) is 9.59 Å². The fraction of sp³-hybridized carbons (Fsp3) is 0.857. The molecule has 1 atom stereocenters. The molecule has 1 rings (SSSR count). The Balaban J connectivity index is 2.17. The summed E-state index contributed by atoms with van der Waals surface area (Å²) in [5, 5.41) is 8.51. The number of unbranched alkanes of at least 4 members (excludes halogenated alkanes) is 1. The lowest BCUT2D eigenvalue weighted by molar-refractivity contribution is -0.137. The minimum Gasteiger partial charge on any atom is -0.481 e. The minimum absolute atomic E-state index is 0.170. The second kappa shape index (κ2) is 7.39. The van der Waals surface area contributed by atoms with Crippen LogP contribution >= 0.6 is 0 Å². The van der Waals surface area contributed by atoms with Crippen LogP contribution in [0.2, 0.25) is 0 Å². The van der Waals surface area contributed by atoms with Crippen LogP contribution in [0.3, 0.4) is 0 Å². The van der Waals surface area contributed by atoms with Gasteiger partial charge in [0.25, 0.3) is 0 Å². The molecule has 18 heavy (non-hydrogen) atoms. The molecule has 4 heteroatoms. The van der Waals surface area contributed by atoms with Crippen molar-refractivity contribution in [2.75, 3.05) is 13.1 Å². The molecule has 0 radical (unpaired) electrons. The largest absolute Gasteiger partial charge is 0.481 e. The third kappa shape index (κ3) is 5.52. The van der Waals surface area contributed by atoms with Gasteiger partial charge in [0.2, 0.25) is 5.91 Å². The normalized spacial score (nSPS) is 19.5. The van der Waals surface area contributed by atoms with Crippen molar-refractivity contribution in [3.05, 3.63) is 0 Å². The molecule has 1 unspecified atom stereocenters. The van der Waals surface area contributed by atoms with Crippen LogP contribution in [-0.2, 0) is 9.59 Å². The van der Waals surface area contributed by atoms with Gasteiger partial charge in [0, 0.05) is 25.9 Å². The van der Waals surface area contributed by atoms with E-state index in [1.165, 1.54) is 6.42 Å². The van der Waals surface area contributed by atoms with Crippen molar-refractivity contribution in [2.45, 2.75) is 52.4 Å². The number of hydrogen-bond acceptors (Lipinski definition) is 2. The molecule has 1 saturated heterocycles. The number of amides is 1. The fourth-order valence-corrected chi connectivity index (χ4v) is 2.63. The summed E-state index contributed by atoms with van der Waals surface area (Å²) in [6.45, 7) is 6.22. The van der Waals surface area contributed by atoms with Crippen molar-refractivity contribution < 1.29 is 14.7 Å². The quantitative estimate of drug-likeness (QED) is 0.711. The molecule has 1 amide bonds. The molecule has 1 N–H and O–H groups in total. The maximum atomic E-state index is 11.9. The summed E-state index contributed by atoms with van der Waals surface area (Å²) < 4.78 is 0. The van der Waals surface area contributed by atoms with Gasteiger partial charge in [0.15, 0.2) is 0 Å². The van der Waals surface area contributed by atoms with E-state index in [9.17, 15) is 9.59 Å². The Morgan fingerprint density at radius 3 is 2.56 bits per heavy atom. The maximum absolute atomic E-state index is 11.9. The molecule has 0 aromatic heterocycles. The molecule has 1 heterocycles. The van der Waals surface area contributed by atoms with Crippen molar-refractivity contribution >= 4 is 11.9 Å². The molecule has 0 spiro atoms. The Kier molecular flexibility index (Phi) is 6.16. The Morgan fingerprint density at radius 1 is 1.28 bits per heavy atom. The second-order valence-electron chi connectivity index (χ2n) is 5.72. The summed E-state index contributed by atoms with van der Waals surface area (Å²) in [5.41, 5.74) is 0. The zero-order chi connectivity index (χ0) is 13.5. The predicted molar refractivity (Wildman–Crippen MR) is 70.2 cm³/mol. The van der Waals surface area contributed by atoms with Crippen LogP contribution < -0.4 is 0 Å². The standard InChI is InChI=1S/C14H25NO3/c1-11(2)9-12-7-8-15(10-12)13(16)5-3-4-6-14(17)18/h11-12H,3-10H2,1-2H3,(H,17,18). The molecule has 1 fully saturated rings. The minimum atomic E-state index is -0.777. The third-order valence-electron chi connectivity index (χ3n) is 3.47. The summed E-state index contributed by atoms with van der Waals surface area (Å²) in [6.07, 6.45) is 4.29. The van der Waals surface area contributed by atoms with Crippen LogP contribution in [0.5, 0.6) is 0 Å². The number of likely N-dealkylation sites (tertiary alicyclic amines) is 1. The summed E-state index contributed by atoms with van der Waals surface area (Å²) in [7, 11) is 0. The predicted octanol–water partition coefficient (Wildman–Crippen LogP) is 2.53. The number of carboxylic acids is 1. The van der Waals surface area contributed by atoms with E-state index in [0.29, 0.717) is 31.1 Å². The van der Waals surface area contributed by atoms with E-state index in [4.69, 9.17) is 5.11 Å². The topological polar surface area (TPSA) is 57.6 Å². The molecule has 104 valence electrons. The molecule has 0 aromatic carbocycles. The Morgan fingerprint density at radius 2 is 1.94 bits per heavy atom. The van der Waals surface area contributed by atoms with Crippen LogP contribution in [0.15, 0.2) is 0 Å². The first-order valence-electron chi connectivity index (χ1n) is 6.98. The molecule has 1 aliphatic rings. The van der Waals surface area contributed by atoms with Gasteiger partial charge in [-0.05, 0) is 37.5 Å². The van der Waals surface area contributed by atoms with E-state index in [1.807, 2.05) is 4.90 Å². The average molecular weight is 255 g/mol. The number of carbonyl (C=O) groups is 2. The van der Waals surface area contributed by atoms with Gasteiger partial charge in [-0.1, -0.05) is 13.8 Å². The first-order valence-corrected chi connectivity index (χ1v) is 6.98. The lowest BCUT2D eigenvalue weighted by atomic mass is 9.97. The van der Waals surface area contributed by atoms with Gasteiger partial charge in [-0.15, -0.1) is 0 Å². The lowest BCUT2D eigenvalue weighted by Gasteiger charge is -2.17. The van der Waals surface area contributed by atoms with Crippen molar-refractivity contribution in [3.63, 3.8) is 0 Å². The highest BCUT2D eigenvalue weighted by molar-refractivity contribution is 5.76. The molecule has 0 bridgehead atoms. The van der Waals surface area contributed by atoms with Crippen LogP contribution in [0, 0.1) is 11.8 Å². The highest BCUT2D eigenvalue weighted by Crippen LogP contribution is 2.23. The van der Waals surface area contributed by atoms with Crippen molar-refractivity contribution in [1.29, 1.82) is 0 Å². The summed E-state index contributed by atoms with van der Waals surface area (Å²) in [6, 6.07) is 0. The van der Waals surface area contributed by atoms with Crippen LogP contribution in [0.1, 0.15) is 52.4 Å². The van der Waals surface area contributed by atoms with Gasteiger partial charge >= 0.3 is 5.97 Å². The van der Waals surface area contributed by atoms with E-state index < -0.39 is 5.97 Å². The Bertz CT molecular complexity index is 289. The molecule has 0 aromatic rings. The zero-order valence-corrected chi connectivity index (χ0v) is 11.5. The smallest absolute Gasteiger partial charge is 0.303 e. The van der Waals surface area contributed by atoms with Gasteiger partial charge in [-0.2, -0.15) is 0 Å². The number of carboxylic acid groups (broad SMARTS) is 1. The maximum Gasteiger partial charge on any atom is 0.303 e. The summed E-state index contributed by atoms with van der Waals surface area (Å²) in [4.78, 5) is 24.2. The number of aliphatic carboxylic acids is 1. The van der Waals surface area contributed by atoms with Crippen LogP contribution in [-0.4, -0.2) is 35.0 Å². The van der Waals surface area contributed by atoms with Gasteiger partial charge in [-0.25, -0.2) is 0 Å². The van der Waals surface area contributed by atoms with Gasteiger partial charge in [0.05, 0.1) is 0 Å². The SMILES string of the molecule is CC(C)CC1CCN(C(=O)CCCCC(=O)O)C1. The first-order chi connectivity index (χ1) is 8.49. The average Bonchev–Trinajstić information content (AvgIpc) is 2.71. The molecule has 4 nitrogen and oxygen atoms in total. The van der Waals surface area contributed by atoms with Crippen LogP contribution in [0.4, 0.5) is 0 Å². The van der Waals surface area contributed by atoms with E-state index in [-0.39, 0.29) is 12.3 Å². The third-order valence-corrected chi connectivity index (χ3v) is 3.47. The number of carbonyl (C=O) groups excluding carboxylic acids is 1. The molecular formula is C14H25NO3. The molecule has 0 saturated carbocycles. The highest BCUT2D eigenvalue weighted by Gasteiger charge is 2.25. The van der Waals surface area contributed by atoms with Crippen molar-refractivity contribution in [1.82, 2.24) is 4.90 Å². The van der Waals surface area contributed by atoms with Crippen molar-refractivity contribution in [3.8, 4) is 0 Å². The van der Waals surface area contributed by atoms with E-state index in [1.54, 1.807) is 0 Å². The van der Waals surface area contributed by atoms with Gasteiger partial charge < -0.3 is 10.0 Å². The van der Waals surface area contributed by atoms with Crippen LogP contribution in [0.25, 0.3) is 0 Å². The van der Waals surface area contributed by atoms with E-state index in [2.05, 4.69) is 13.8 Å². The van der Waals surface area contributed by atoms with E-state index in [0.717, 1.165) is 19.5 Å². The fourth-order valence-electron chi connectivity index (χ4n) is 2.63. The highest BCUT2D eigenvalue weighted by atomic mass is 16.4. The second-order valence-corrected chi connectivity index (χ2v) is 5.72. The summed E-state index contributed by atoms with van der Waals surface area (Å²) in [5.74, 6) is 0.779. The molecular weight excluding hydrogens is 230 g/mol. The molecule has 1 aliphatic heterocycles. The van der Waals surface area contributed by atoms with Gasteiger partial charge in [0.1, 0.15) is 0 Å². The van der Waals surface area contributed by atoms with Crippen molar-refractivity contribution in [2.24, 2.45) is 11.8 Å². The number of hydrogen-bond donors (Lipinski definition) is 1. The lowest BCUT2D eigenvalue weighted by Crippen LogP contribution is -2.28. The zero-order valence-electron chi connectivity index (χ0n) is 11.5. The van der Waals surface area contributed by atoms with E-state index >= 15 is 0 Å². The Hall–Kier alpha value is -1.06. The number of nitrogens with zero attached hydrogens (tertiary/aromatic N) is 1. The summed E-state index contributed by atoms with van der Waals surface area (Å²) >= 11 is 0. The Labute approximate surface area is 109 Å². The monoisotopic (exact) mass is 255 g/mol.